The van der Waals surface area contributed by atoms with Gasteiger partial charge in [0, 0.05) is 24.1 Å². The first-order chi connectivity index (χ1) is 8.99. The van der Waals surface area contributed by atoms with Gasteiger partial charge in [-0.1, -0.05) is 28.1 Å². The van der Waals surface area contributed by atoms with Crippen molar-refractivity contribution < 1.29 is 15.3 Å². The molecular weight excluding hydrogens is 330 g/mol. The van der Waals surface area contributed by atoms with Gasteiger partial charge in [-0.3, -0.25) is 14.5 Å². The monoisotopic (exact) mass is 344 g/mol. The maximum Gasteiger partial charge on any atom is 0.262 e. The van der Waals surface area contributed by atoms with Gasteiger partial charge in [0.2, 0.25) is 0 Å². The molecular formula is C12H15BrN3O2S+. The van der Waals surface area contributed by atoms with E-state index >= 15 is 0 Å². The van der Waals surface area contributed by atoms with Crippen molar-refractivity contribution in [3.8, 4) is 0 Å². The van der Waals surface area contributed by atoms with Gasteiger partial charge in [0.05, 0.1) is 11.1 Å². The summed E-state index contributed by atoms with van der Waals surface area (Å²) in [6.45, 7) is 0.484. The Morgan fingerprint density at radius 2 is 1.68 bits per heavy atom. The van der Waals surface area contributed by atoms with Crippen LogP contribution in [0.2, 0.25) is 0 Å². The SMILES string of the molecule is NC([NH3+])=S.O=C1c2ccccc2C(=O)N1CCCBr. The summed E-state index contributed by atoms with van der Waals surface area (Å²) >= 11 is 7.49. The van der Waals surface area contributed by atoms with Gasteiger partial charge in [0.1, 0.15) is 0 Å². The van der Waals surface area contributed by atoms with Crippen LogP contribution in [0, 0.1) is 0 Å². The second kappa shape index (κ2) is 7.32. The van der Waals surface area contributed by atoms with Crippen LogP contribution in [0.3, 0.4) is 0 Å². The fourth-order valence-corrected chi connectivity index (χ4v) is 1.91. The molecule has 1 aromatic carbocycles. The Labute approximate surface area is 125 Å². The van der Waals surface area contributed by atoms with Crippen molar-refractivity contribution in [3.63, 3.8) is 0 Å². The summed E-state index contributed by atoms with van der Waals surface area (Å²) in [5.41, 5.74) is 8.93. The van der Waals surface area contributed by atoms with Gasteiger partial charge in [0.25, 0.3) is 16.9 Å². The molecule has 1 aliphatic heterocycles. The van der Waals surface area contributed by atoms with E-state index < -0.39 is 0 Å². The topological polar surface area (TPSA) is 91.0 Å². The van der Waals surface area contributed by atoms with Crippen molar-refractivity contribution in [1.29, 1.82) is 0 Å². The molecule has 0 aromatic heterocycles. The molecule has 0 saturated carbocycles. The lowest BCUT2D eigenvalue weighted by Crippen LogP contribution is -2.60. The van der Waals surface area contributed by atoms with Gasteiger partial charge in [-0.25, -0.2) is 0 Å². The highest BCUT2D eigenvalue weighted by Crippen LogP contribution is 2.22. The number of rotatable bonds is 3. The van der Waals surface area contributed by atoms with Crippen molar-refractivity contribution in [3.05, 3.63) is 35.4 Å². The number of nitrogens with two attached hydrogens (primary N) is 1. The Morgan fingerprint density at radius 1 is 1.26 bits per heavy atom. The fourth-order valence-electron chi connectivity index (χ4n) is 1.66. The number of benzene rings is 1. The molecule has 2 rings (SSSR count). The molecule has 0 spiro atoms. The molecule has 5 nitrogen and oxygen atoms in total. The number of carbonyl (C=O) groups excluding carboxylic acids is 2. The number of halogens is 1. The lowest BCUT2D eigenvalue weighted by Gasteiger charge is -2.11. The van der Waals surface area contributed by atoms with E-state index in [1.54, 1.807) is 24.3 Å². The second-order valence-electron chi connectivity index (χ2n) is 3.82. The smallest absolute Gasteiger partial charge is 0.262 e. The average Bonchev–Trinajstić information content (AvgIpc) is 2.60. The zero-order valence-electron chi connectivity index (χ0n) is 10.3. The van der Waals surface area contributed by atoms with Crippen LogP contribution < -0.4 is 11.5 Å². The highest BCUT2D eigenvalue weighted by Gasteiger charge is 2.34. The summed E-state index contributed by atoms with van der Waals surface area (Å²) in [5, 5.41) is 1.04. The molecule has 0 atom stereocenters. The van der Waals surface area contributed by atoms with Gasteiger partial charge in [-0.05, 0) is 18.6 Å². The predicted octanol–water partition coefficient (Wildman–Crippen LogP) is 0.539. The molecule has 0 saturated heterocycles. The summed E-state index contributed by atoms with van der Waals surface area (Å²) in [5.74, 6) is -0.340. The third-order valence-corrected chi connectivity index (χ3v) is 2.95. The number of amides is 2. The Hall–Kier alpha value is -1.31. The summed E-state index contributed by atoms with van der Waals surface area (Å²) in [6, 6.07) is 6.95. The zero-order chi connectivity index (χ0) is 14.4. The van der Waals surface area contributed by atoms with Crippen molar-refractivity contribution in [2.24, 2.45) is 5.73 Å². The van der Waals surface area contributed by atoms with Crippen molar-refractivity contribution in [2.75, 3.05) is 11.9 Å². The highest BCUT2D eigenvalue weighted by molar-refractivity contribution is 9.09. The Balaban J connectivity index is 0.000000399. The van der Waals surface area contributed by atoms with E-state index in [0.29, 0.717) is 17.7 Å². The van der Waals surface area contributed by atoms with Crippen molar-refractivity contribution in [1.82, 2.24) is 4.90 Å². The molecule has 0 fully saturated rings. The quantitative estimate of drug-likeness (QED) is 0.475. The van der Waals surface area contributed by atoms with Crippen LogP contribution in [-0.2, 0) is 0 Å². The molecule has 19 heavy (non-hydrogen) atoms. The number of hydrogen-bond donors (Lipinski definition) is 2. The highest BCUT2D eigenvalue weighted by atomic mass is 79.9. The minimum absolute atomic E-state index is 0.170. The van der Waals surface area contributed by atoms with Gasteiger partial charge < -0.3 is 11.5 Å². The molecule has 1 aromatic rings. The first kappa shape index (κ1) is 15.7. The van der Waals surface area contributed by atoms with Crippen molar-refractivity contribution >= 4 is 45.1 Å². The molecule has 0 radical (unpaired) electrons. The molecule has 7 heteroatoms. The van der Waals surface area contributed by atoms with E-state index in [4.69, 9.17) is 5.73 Å². The first-order valence-electron chi connectivity index (χ1n) is 5.61. The maximum absolute atomic E-state index is 11.8. The Kier molecular flexibility index (Phi) is 6.07. The van der Waals surface area contributed by atoms with Crippen LogP contribution in [-0.4, -0.2) is 33.7 Å². The molecule has 2 amide bonds. The van der Waals surface area contributed by atoms with E-state index in [9.17, 15) is 9.59 Å². The van der Waals surface area contributed by atoms with E-state index in [-0.39, 0.29) is 16.9 Å². The summed E-state index contributed by atoms with van der Waals surface area (Å²) < 4.78 is 0. The fraction of sp³-hybridized carbons (Fsp3) is 0.250. The number of fused-ring (bicyclic) bond motifs is 1. The number of quaternary nitrogens is 1. The Bertz CT molecular complexity index is 469. The van der Waals surface area contributed by atoms with Crippen LogP contribution in [0.15, 0.2) is 24.3 Å². The number of nitrogens with zero attached hydrogens (tertiary/aromatic N) is 1. The molecule has 102 valence electrons. The largest absolute Gasteiger partial charge is 0.345 e. The van der Waals surface area contributed by atoms with E-state index in [2.05, 4.69) is 33.9 Å². The lowest BCUT2D eigenvalue weighted by molar-refractivity contribution is -0.210. The lowest BCUT2D eigenvalue weighted by atomic mass is 10.1. The maximum atomic E-state index is 11.8. The number of thiocarbonyl (C=S) groups is 1. The van der Waals surface area contributed by atoms with Crippen LogP contribution in [0.25, 0.3) is 0 Å². The van der Waals surface area contributed by atoms with E-state index in [0.717, 1.165) is 11.8 Å². The summed E-state index contributed by atoms with van der Waals surface area (Å²) in [6.07, 6.45) is 0.783. The first-order valence-corrected chi connectivity index (χ1v) is 7.14. The molecule has 1 heterocycles. The third-order valence-electron chi connectivity index (χ3n) is 2.39. The number of alkyl halides is 1. The molecule has 1 aliphatic rings. The van der Waals surface area contributed by atoms with Crippen LogP contribution >= 0.6 is 28.1 Å². The van der Waals surface area contributed by atoms with Gasteiger partial charge in [-0.2, -0.15) is 0 Å². The number of carbonyl (C=O) groups is 2. The minimum Gasteiger partial charge on any atom is -0.345 e. The average molecular weight is 345 g/mol. The summed E-state index contributed by atoms with van der Waals surface area (Å²) in [7, 11) is 0. The van der Waals surface area contributed by atoms with E-state index in [1.807, 2.05) is 0 Å². The van der Waals surface area contributed by atoms with Crippen molar-refractivity contribution in [2.45, 2.75) is 6.42 Å². The standard InChI is InChI=1S/C11H10BrNO2.CH4N2S/c12-6-3-7-13-10(14)8-4-1-2-5-9(8)11(13)15;2-1(3)4/h1-2,4-5H,3,6-7H2;(H4,2,3,4)/p+1. The molecule has 0 bridgehead atoms. The second-order valence-corrected chi connectivity index (χ2v) is 5.13. The van der Waals surface area contributed by atoms with Crippen LogP contribution in [0.5, 0.6) is 0 Å². The molecule has 0 unspecified atom stereocenters. The number of hydrogen-bond acceptors (Lipinski definition) is 3. The Morgan fingerprint density at radius 3 is 2.05 bits per heavy atom. The minimum atomic E-state index is -0.170. The van der Waals surface area contributed by atoms with Gasteiger partial charge >= 0.3 is 0 Å². The van der Waals surface area contributed by atoms with Gasteiger partial charge in [0.15, 0.2) is 0 Å². The van der Waals surface area contributed by atoms with Gasteiger partial charge in [-0.15, -0.1) is 0 Å². The normalized spacial score (nSPS) is 12.8. The van der Waals surface area contributed by atoms with Crippen LogP contribution in [0.4, 0.5) is 0 Å². The summed E-state index contributed by atoms with van der Waals surface area (Å²) in [4.78, 5) is 24.9. The van der Waals surface area contributed by atoms with Crippen LogP contribution in [0.1, 0.15) is 27.1 Å². The zero-order valence-corrected chi connectivity index (χ0v) is 12.7. The third kappa shape index (κ3) is 4.09. The predicted molar refractivity (Wildman–Crippen MR) is 79.9 cm³/mol. The molecule has 5 N–H and O–H groups in total. The number of imide groups is 1. The van der Waals surface area contributed by atoms with E-state index in [1.165, 1.54) is 4.90 Å². The molecule has 0 aliphatic carbocycles.